The number of hydrogen-bond acceptors (Lipinski definition) is 4. The van der Waals surface area contributed by atoms with Gasteiger partial charge in [-0.2, -0.15) is 4.98 Å². The van der Waals surface area contributed by atoms with Crippen molar-refractivity contribution in [2.45, 2.75) is 27.2 Å². The van der Waals surface area contributed by atoms with Crippen molar-refractivity contribution < 1.29 is 4.74 Å². The minimum atomic E-state index is 0.620. The van der Waals surface area contributed by atoms with Crippen LogP contribution in [0.25, 0.3) is 0 Å². The lowest BCUT2D eigenvalue weighted by atomic mass is 10.4. The maximum atomic E-state index is 5.35. The topological polar surface area (TPSA) is 47.0 Å². The van der Waals surface area contributed by atoms with Gasteiger partial charge in [-0.1, -0.05) is 12.2 Å². The van der Waals surface area contributed by atoms with E-state index in [1.165, 1.54) is 0 Å². The molecule has 0 spiro atoms. The molecule has 1 aromatic heterocycles. The Morgan fingerprint density at radius 3 is 2.94 bits per heavy atom. The van der Waals surface area contributed by atoms with Crippen LogP contribution in [0, 0.1) is 6.92 Å². The summed E-state index contributed by atoms with van der Waals surface area (Å²) in [5.41, 5.74) is 0. The highest BCUT2D eigenvalue weighted by Gasteiger charge is 2.01. The second-order valence-electron chi connectivity index (χ2n) is 3.36. The zero-order valence-electron chi connectivity index (χ0n) is 10.2. The summed E-state index contributed by atoms with van der Waals surface area (Å²) in [5, 5.41) is 3.24. The van der Waals surface area contributed by atoms with E-state index in [-0.39, 0.29) is 0 Å². The maximum absolute atomic E-state index is 5.35. The summed E-state index contributed by atoms with van der Waals surface area (Å²) in [6.45, 7) is 7.30. The molecule has 0 saturated carbocycles. The number of hydrogen-bond donors (Lipinski definition) is 1. The summed E-state index contributed by atoms with van der Waals surface area (Å²) in [6.07, 6.45) is 5.15. The molecule has 0 atom stereocenters. The van der Waals surface area contributed by atoms with E-state index in [1.807, 2.05) is 32.9 Å². The molecule has 0 saturated heterocycles. The average Bonchev–Trinajstić information content (AvgIpc) is 2.24. The molecule has 0 radical (unpaired) electrons. The first-order valence-electron chi connectivity index (χ1n) is 5.59. The predicted molar refractivity (Wildman–Crippen MR) is 65.9 cm³/mol. The predicted octanol–water partition coefficient (Wildman–Crippen LogP) is 2.56. The lowest BCUT2D eigenvalue weighted by Crippen LogP contribution is -2.05. The van der Waals surface area contributed by atoms with E-state index in [0.29, 0.717) is 12.5 Å². The van der Waals surface area contributed by atoms with Crippen molar-refractivity contribution in [1.29, 1.82) is 0 Å². The monoisotopic (exact) mass is 221 g/mol. The Bertz CT molecular complexity index is 350. The fraction of sp³-hybridized carbons (Fsp3) is 0.500. The zero-order valence-corrected chi connectivity index (χ0v) is 10.2. The Morgan fingerprint density at radius 2 is 2.25 bits per heavy atom. The molecule has 1 aromatic rings. The Kier molecular flexibility index (Phi) is 5.32. The highest BCUT2D eigenvalue weighted by Crippen LogP contribution is 2.13. The quantitative estimate of drug-likeness (QED) is 0.592. The molecule has 0 aromatic carbocycles. The van der Waals surface area contributed by atoms with Gasteiger partial charge in [-0.3, -0.25) is 0 Å². The number of aryl methyl sites for hydroxylation is 1. The molecule has 0 bridgehead atoms. The number of allylic oxidation sites excluding steroid dienone is 1. The van der Waals surface area contributed by atoms with Crippen molar-refractivity contribution in [2.24, 2.45) is 0 Å². The third-order valence-corrected chi connectivity index (χ3v) is 1.96. The van der Waals surface area contributed by atoms with Crippen molar-refractivity contribution in [3.05, 3.63) is 24.0 Å². The van der Waals surface area contributed by atoms with E-state index in [2.05, 4.69) is 21.4 Å². The van der Waals surface area contributed by atoms with Crippen molar-refractivity contribution in [3.63, 3.8) is 0 Å². The molecule has 4 nitrogen and oxygen atoms in total. The number of anilines is 1. The third-order valence-electron chi connectivity index (χ3n) is 1.96. The van der Waals surface area contributed by atoms with Gasteiger partial charge in [-0.25, -0.2) is 4.98 Å². The number of nitrogens with zero attached hydrogens (tertiary/aromatic N) is 2. The SMILES string of the molecule is C/C=C/CCNc1cc(OCC)nc(C)n1. The molecule has 88 valence electrons. The van der Waals surface area contributed by atoms with Crippen molar-refractivity contribution in [3.8, 4) is 5.88 Å². The molecule has 0 amide bonds. The molecule has 0 unspecified atom stereocenters. The second kappa shape index (κ2) is 6.82. The van der Waals surface area contributed by atoms with E-state index in [4.69, 9.17) is 4.74 Å². The Labute approximate surface area is 96.8 Å². The summed E-state index contributed by atoms with van der Waals surface area (Å²) in [5.74, 6) is 2.17. The van der Waals surface area contributed by atoms with Crippen LogP contribution in [-0.2, 0) is 0 Å². The summed E-state index contributed by atoms with van der Waals surface area (Å²) in [4.78, 5) is 8.47. The van der Waals surface area contributed by atoms with Crippen molar-refractivity contribution >= 4 is 5.82 Å². The largest absolute Gasteiger partial charge is 0.478 e. The van der Waals surface area contributed by atoms with Crippen LogP contribution < -0.4 is 10.1 Å². The first-order chi connectivity index (χ1) is 7.76. The summed E-state index contributed by atoms with van der Waals surface area (Å²) in [7, 11) is 0. The Morgan fingerprint density at radius 1 is 1.44 bits per heavy atom. The van der Waals surface area contributed by atoms with Gasteiger partial charge in [0.1, 0.15) is 11.6 Å². The van der Waals surface area contributed by atoms with Gasteiger partial charge >= 0.3 is 0 Å². The molecule has 0 aliphatic heterocycles. The summed E-state index contributed by atoms with van der Waals surface area (Å²) < 4.78 is 5.35. The lowest BCUT2D eigenvalue weighted by Gasteiger charge is -2.07. The van der Waals surface area contributed by atoms with Crippen molar-refractivity contribution in [1.82, 2.24) is 9.97 Å². The van der Waals surface area contributed by atoms with Gasteiger partial charge in [0, 0.05) is 12.6 Å². The number of aromatic nitrogens is 2. The molecular weight excluding hydrogens is 202 g/mol. The maximum Gasteiger partial charge on any atom is 0.218 e. The van der Waals surface area contributed by atoms with E-state index < -0.39 is 0 Å². The van der Waals surface area contributed by atoms with E-state index in [9.17, 15) is 0 Å². The fourth-order valence-corrected chi connectivity index (χ4v) is 1.30. The van der Waals surface area contributed by atoms with Gasteiger partial charge in [0.05, 0.1) is 6.61 Å². The normalized spacial score (nSPS) is 10.7. The second-order valence-corrected chi connectivity index (χ2v) is 3.36. The first kappa shape index (κ1) is 12.5. The summed E-state index contributed by atoms with van der Waals surface area (Å²) >= 11 is 0. The van der Waals surface area contributed by atoms with E-state index in [0.717, 1.165) is 24.6 Å². The van der Waals surface area contributed by atoms with Crippen LogP contribution in [0.15, 0.2) is 18.2 Å². The molecule has 1 N–H and O–H groups in total. The average molecular weight is 221 g/mol. The molecule has 0 aliphatic rings. The van der Waals surface area contributed by atoms with Crippen LogP contribution in [0.5, 0.6) is 5.88 Å². The number of nitrogens with one attached hydrogen (secondary N) is 1. The molecule has 1 rings (SSSR count). The van der Waals surface area contributed by atoms with Crippen LogP contribution in [0.4, 0.5) is 5.82 Å². The van der Waals surface area contributed by atoms with Crippen LogP contribution in [-0.4, -0.2) is 23.1 Å². The minimum absolute atomic E-state index is 0.620. The van der Waals surface area contributed by atoms with Gasteiger partial charge in [0.15, 0.2) is 0 Å². The van der Waals surface area contributed by atoms with E-state index in [1.54, 1.807) is 0 Å². The van der Waals surface area contributed by atoms with Gasteiger partial charge in [-0.05, 0) is 27.2 Å². The minimum Gasteiger partial charge on any atom is -0.478 e. The molecule has 4 heteroatoms. The standard InChI is InChI=1S/C12H19N3O/c1-4-6-7-8-13-11-9-12(16-5-2)15-10(3)14-11/h4,6,9H,5,7-8H2,1-3H3,(H,13,14,15)/b6-4+. The first-order valence-corrected chi connectivity index (χ1v) is 5.59. The summed E-state index contributed by atoms with van der Waals surface area (Å²) in [6, 6.07) is 1.83. The van der Waals surface area contributed by atoms with Gasteiger partial charge in [-0.15, -0.1) is 0 Å². The Balaban J connectivity index is 2.57. The molecular formula is C12H19N3O. The zero-order chi connectivity index (χ0) is 11.8. The number of rotatable bonds is 6. The molecule has 16 heavy (non-hydrogen) atoms. The third kappa shape index (κ3) is 4.29. The smallest absolute Gasteiger partial charge is 0.218 e. The number of ether oxygens (including phenoxy) is 1. The van der Waals surface area contributed by atoms with Gasteiger partial charge in [0.2, 0.25) is 5.88 Å². The van der Waals surface area contributed by atoms with Crippen LogP contribution in [0.1, 0.15) is 26.1 Å². The van der Waals surface area contributed by atoms with Crippen LogP contribution in [0.3, 0.4) is 0 Å². The van der Waals surface area contributed by atoms with E-state index >= 15 is 0 Å². The van der Waals surface area contributed by atoms with Gasteiger partial charge < -0.3 is 10.1 Å². The lowest BCUT2D eigenvalue weighted by molar-refractivity contribution is 0.325. The Hall–Kier alpha value is -1.58. The van der Waals surface area contributed by atoms with Gasteiger partial charge in [0.25, 0.3) is 0 Å². The molecule has 0 aliphatic carbocycles. The highest BCUT2D eigenvalue weighted by atomic mass is 16.5. The molecule has 0 fully saturated rings. The highest BCUT2D eigenvalue weighted by molar-refractivity contribution is 5.38. The van der Waals surface area contributed by atoms with Crippen molar-refractivity contribution in [2.75, 3.05) is 18.5 Å². The van der Waals surface area contributed by atoms with Crippen LogP contribution >= 0.6 is 0 Å². The molecule has 1 heterocycles. The van der Waals surface area contributed by atoms with Crippen LogP contribution in [0.2, 0.25) is 0 Å². The fourth-order valence-electron chi connectivity index (χ4n) is 1.30.